The van der Waals surface area contributed by atoms with Crippen molar-refractivity contribution >= 4 is 11.9 Å². The first-order chi connectivity index (χ1) is 17.6. The molecule has 0 radical (unpaired) electrons. The molecule has 0 spiro atoms. The van der Waals surface area contributed by atoms with Gasteiger partial charge in [-0.25, -0.2) is 0 Å². The van der Waals surface area contributed by atoms with Gasteiger partial charge in [0, 0.05) is 0 Å². The summed E-state index contributed by atoms with van der Waals surface area (Å²) >= 11 is 0. The second-order valence-electron chi connectivity index (χ2n) is 10.8. The van der Waals surface area contributed by atoms with Crippen LogP contribution in [0.4, 0.5) is 13.2 Å². The van der Waals surface area contributed by atoms with Crippen LogP contribution in [0.1, 0.15) is 145 Å². The lowest BCUT2D eigenvalue weighted by molar-refractivity contribution is -0.258. The van der Waals surface area contributed by atoms with Gasteiger partial charge in [0.1, 0.15) is 0 Å². The van der Waals surface area contributed by atoms with E-state index in [0.717, 1.165) is 26.2 Å². The zero-order valence-corrected chi connectivity index (χ0v) is 25.6. The predicted octanol–water partition coefficient (Wildman–Crippen LogP) is 9.35. The van der Waals surface area contributed by atoms with Gasteiger partial charge in [0.15, 0.2) is 5.60 Å². The maximum Gasteiger partial charge on any atom is 0.416 e. The summed E-state index contributed by atoms with van der Waals surface area (Å²) in [5, 5.41) is 17.2. The molecule has 0 bridgehead atoms. The van der Waals surface area contributed by atoms with E-state index in [0.29, 0.717) is 13.0 Å². The summed E-state index contributed by atoms with van der Waals surface area (Å²) in [7, 11) is 0. The Kier molecular flexibility index (Phi) is 26.8. The van der Waals surface area contributed by atoms with Gasteiger partial charge < -0.3 is 14.9 Å². The van der Waals surface area contributed by atoms with Gasteiger partial charge >= 0.3 is 18.1 Å². The molecule has 2 N–H and O–H groups in total. The molecule has 4 atom stereocenters. The second kappa shape index (κ2) is 24.7. The summed E-state index contributed by atoms with van der Waals surface area (Å²) in [6.45, 7) is 14.7. The first kappa shape index (κ1) is 41.2. The zero-order chi connectivity index (χ0) is 30.2. The molecule has 0 fully saturated rings. The number of ether oxygens (including phenoxy) is 1. The van der Waals surface area contributed by atoms with E-state index in [1.165, 1.54) is 57.8 Å². The predicted molar refractivity (Wildman–Crippen MR) is 150 cm³/mol. The lowest BCUT2D eigenvalue weighted by Crippen LogP contribution is -2.43. The summed E-state index contributed by atoms with van der Waals surface area (Å²) in [6, 6.07) is 0. The lowest BCUT2D eigenvalue weighted by Gasteiger charge is -2.28. The van der Waals surface area contributed by atoms with Crippen LogP contribution in [0.15, 0.2) is 0 Å². The number of carbonyl (C=O) groups excluding carboxylic acids is 1. The Bertz CT molecular complexity index is 565. The number of esters is 1. The minimum absolute atomic E-state index is 0.0292. The van der Waals surface area contributed by atoms with Crippen LogP contribution in [-0.2, 0) is 14.3 Å². The highest BCUT2D eigenvalue weighted by molar-refractivity contribution is 5.71. The van der Waals surface area contributed by atoms with Gasteiger partial charge in [-0.05, 0) is 38.5 Å². The van der Waals surface area contributed by atoms with Crippen LogP contribution in [0, 0.1) is 17.8 Å². The quantitative estimate of drug-likeness (QED) is 0.130. The molecule has 0 aliphatic heterocycles. The van der Waals surface area contributed by atoms with Crippen molar-refractivity contribution < 1.29 is 37.7 Å². The number of unbranched alkanes of at least 4 members (excludes halogenated alkanes) is 9. The van der Waals surface area contributed by atoms with Gasteiger partial charge in [-0.15, -0.1) is 0 Å². The molecule has 38 heavy (non-hydrogen) atoms. The highest BCUT2D eigenvalue weighted by atomic mass is 19.4. The molecule has 0 aromatic carbocycles. The SMILES string of the molecule is CCC(C)C(=O)O.CCC(C)CC(C)(O)C(F)(F)F.CCCCCCCCCCCCOC(=O)C(C)CC. The zero-order valence-electron chi connectivity index (χ0n) is 25.6. The fraction of sp³-hybridized carbons (Fsp3) is 0.933. The number of alkyl halides is 3. The van der Waals surface area contributed by atoms with E-state index < -0.39 is 17.7 Å². The van der Waals surface area contributed by atoms with Gasteiger partial charge in [-0.1, -0.05) is 113 Å². The topological polar surface area (TPSA) is 83.8 Å². The first-order valence-corrected chi connectivity index (χ1v) is 14.8. The Balaban J connectivity index is -0.000000547. The Labute approximate surface area is 231 Å². The Morgan fingerprint density at radius 2 is 1.16 bits per heavy atom. The molecule has 0 saturated carbocycles. The minimum Gasteiger partial charge on any atom is -0.481 e. The Morgan fingerprint density at radius 1 is 0.737 bits per heavy atom. The molecule has 0 aliphatic carbocycles. The van der Waals surface area contributed by atoms with Crippen LogP contribution in [0.2, 0.25) is 0 Å². The van der Waals surface area contributed by atoms with Crippen molar-refractivity contribution in [1.29, 1.82) is 0 Å². The van der Waals surface area contributed by atoms with Crippen LogP contribution >= 0.6 is 0 Å². The molecule has 230 valence electrons. The van der Waals surface area contributed by atoms with Crippen molar-refractivity contribution in [3.8, 4) is 0 Å². The van der Waals surface area contributed by atoms with Crippen molar-refractivity contribution in [2.24, 2.45) is 17.8 Å². The standard InChI is InChI=1S/C17H34O2.C8H15F3O.C5H10O2/c1-4-6-7-8-9-10-11-12-13-14-15-19-17(18)16(3)5-2;1-4-6(2)5-7(3,12)8(9,10)11;1-3-4(2)5(6)7/h16H,4-15H2,1-3H3;6,12H,4-5H2,1-3H3;4H,3H2,1-2H3,(H,6,7). The van der Waals surface area contributed by atoms with Gasteiger partial charge in [-0.3, -0.25) is 9.59 Å². The number of carbonyl (C=O) groups is 2. The monoisotopic (exact) mass is 556 g/mol. The molecule has 0 heterocycles. The largest absolute Gasteiger partial charge is 0.481 e. The number of hydrogen-bond acceptors (Lipinski definition) is 4. The molecular formula is C30H59F3O5. The molecule has 0 rings (SSSR count). The average Bonchev–Trinajstić information content (AvgIpc) is 2.85. The maximum atomic E-state index is 12.1. The van der Waals surface area contributed by atoms with E-state index in [2.05, 4.69) is 6.92 Å². The summed E-state index contributed by atoms with van der Waals surface area (Å²) in [4.78, 5) is 21.3. The third kappa shape index (κ3) is 25.0. The van der Waals surface area contributed by atoms with Gasteiger partial charge in [-0.2, -0.15) is 13.2 Å². The van der Waals surface area contributed by atoms with E-state index in [4.69, 9.17) is 14.9 Å². The highest BCUT2D eigenvalue weighted by Crippen LogP contribution is 2.35. The van der Waals surface area contributed by atoms with Gasteiger partial charge in [0.25, 0.3) is 0 Å². The lowest BCUT2D eigenvalue weighted by atomic mass is 9.91. The van der Waals surface area contributed by atoms with Crippen molar-refractivity contribution in [3.05, 3.63) is 0 Å². The fourth-order valence-corrected chi connectivity index (χ4v) is 3.18. The minimum atomic E-state index is -4.52. The molecule has 0 saturated heterocycles. The number of carboxylic acid groups (broad SMARTS) is 1. The molecular weight excluding hydrogens is 497 g/mol. The number of halogens is 3. The van der Waals surface area contributed by atoms with E-state index in [-0.39, 0.29) is 30.1 Å². The van der Waals surface area contributed by atoms with Crippen LogP contribution in [-0.4, -0.2) is 40.5 Å². The molecule has 0 amide bonds. The molecule has 0 aliphatic rings. The number of aliphatic hydroxyl groups is 1. The van der Waals surface area contributed by atoms with Crippen molar-refractivity contribution in [2.45, 2.75) is 157 Å². The smallest absolute Gasteiger partial charge is 0.416 e. The number of hydrogen-bond donors (Lipinski definition) is 2. The molecule has 0 aromatic rings. The molecule has 0 aromatic heterocycles. The van der Waals surface area contributed by atoms with Crippen LogP contribution in [0.5, 0.6) is 0 Å². The van der Waals surface area contributed by atoms with Gasteiger partial charge in [0.05, 0.1) is 18.4 Å². The fourth-order valence-electron chi connectivity index (χ4n) is 3.18. The second-order valence-corrected chi connectivity index (χ2v) is 10.8. The van der Waals surface area contributed by atoms with E-state index in [1.807, 2.05) is 20.8 Å². The third-order valence-corrected chi connectivity index (χ3v) is 6.84. The Morgan fingerprint density at radius 3 is 1.47 bits per heavy atom. The number of carboxylic acids is 1. The van der Waals surface area contributed by atoms with Crippen molar-refractivity contribution in [1.82, 2.24) is 0 Å². The van der Waals surface area contributed by atoms with Crippen LogP contribution < -0.4 is 0 Å². The molecule has 4 unspecified atom stereocenters. The summed E-state index contributed by atoms with van der Waals surface area (Å²) in [5.41, 5.74) is -2.54. The third-order valence-electron chi connectivity index (χ3n) is 6.84. The number of rotatable bonds is 18. The van der Waals surface area contributed by atoms with Gasteiger partial charge in [0.2, 0.25) is 0 Å². The Hall–Kier alpha value is -1.31. The summed E-state index contributed by atoms with van der Waals surface area (Å²) < 4.78 is 41.5. The van der Waals surface area contributed by atoms with E-state index in [1.54, 1.807) is 20.8 Å². The normalized spacial score (nSPS) is 15.1. The van der Waals surface area contributed by atoms with E-state index >= 15 is 0 Å². The summed E-state index contributed by atoms with van der Waals surface area (Å²) in [5.74, 6) is -0.967. The van der Waals surface area contributed by atoms with E-state index in [9.17, 15) is 22.8 Å². The van der Waals surface area contributed by atoms with Crippen molar-refractivity contribution in [3.63, 3.8) is 0 Å². The van der Waals surface area contributed by atoms with Crippen LogP contribution in [0.3, 0.4) is 0 Å². The molecule has 8 heteroatoms. The molecule has 5 nitrogen and oxygen atoms in total. The van der Waals surface area contributed by atoms with Crippen LogP contribution in [0.25, 0.3) is 0 Å². The summed E-state index contributed by atoms with van der Waals surface area (Å²) in [6.07, 6.45) is 10.6. The number of aliphatic carboxylic acids is 1. The maximum absolute atomic E-state index is 12.1. The highest BCUT2D eigenvalue weighted by Gasteiger charge is 2.49. The first-order valence-electron chi connectivity index (χ1n) is 14.8. The van der Waals surface area contributed by atoms with Crippen molar-refractivity contribution in [2.75, 3.05) is 6.61 Å². The average molecular weight is 557 g/mol.